The number of methoxy groups -OCH3 is 1. The lowest BCUT2D eigenvalue weighted by Crippen LogP contribution is -2.25. The van der Waals surface area contributed by atoms with Crippen molar-refractivity contribution in [3.05, 3.63) is 24.0 Å². The number of nitrogens with zero attached hydrogens (tertiary/aromatic N) is 1. The van der Waals surface area contributed by atoms with Gasteiger partial charge in [-0.15, -0.1) is 0 Å². The maximum absolute atomic E-state index is 11.7. The molecule has 0 aliphatic heterocycles. The van der Waals surface area contributed by atoms with Gasteiger partial charge in [-0.1, -0.05) is 0 Å². The molecule has 1 amide bonds. The molecule has 5 nitrogen and oxygen atoms in total. The van der Waals surface area contributed by atoms with E-state index in [4.69, 9.17) is 10.5 Å². The minimum absolute atomic E-state index is 0.164. The zero-order valence-electron chi connectivity index (χ0n) is 10.1. The number of hydrogen-bond acceptors (Lipinski definition) is 4. The Morgan fingerprint density at radius 3 is 3.00 bits per heavy atom. The van der Waals surface area contributed by atoms with Crippen molar-refractivity contribution in [2.75, 3.05) is 26.0 Å². The zero-order chi connectivity index (χ0) is 12.5. The SMILES string of the molecule is COCCCCCNC(=O)c1cnccc1N. The molecule has 0 saturated heterocycles. The summed E-state index contributed by atoms with van der Waals surface area (Å²) in [7, 11) is 1.69. The number of nitrogens with two attached hydrogens (primary N) is 1. The van der Waals surface area contributed by atoms with E-state index in [1.165, 1.54) is 6.20 Å². The number of hydrogen-bond donors (Lipinski definition) is 2. The van der Waals surface area contributed by atoms with Crippen molar-refractivity contribution >= 4 is 11.6 Å². The molecular formula is C12H19N3O2. The Labute approximate surface area is 101 Å². The third-order valence-corrected chi connectivity index (χ3v) is 2.41. The predicted molar refractivity (Wildman–Crippen MR) is 66.7 cm³/mol. The number of carbonyl (C=O) groups is 1. The van der Waals surface area contributed by atoms with Crippen LogP contribution in [0.1, 0.15) is 29.6 Å². The van der Waals surface area contributed by atoms with Gasteiger partial charge in [0.15, 0.2) is 0 Å². The second-order valence-corrected chi connectivity index (χ2v) is 3.77. The molecule has 1 rings (SSSR count). The first-order chi connectivity index (χ1) is 8.25. The number of rotatable bonds is 7. The molecule has 3 N–H and O–H groups in total. The van der Waals surface area contributed by atoms with Gasteiger partial charge in [-0.25, -0.2) is 0 Å². The lowest BCUT2D eigenvalue weighted by molar-refractivity contribution is 0.0953. The van der Waals surface area contributed by atoms with Gasteiger partial charge in [0.25, 0.3) is 5.91 Å². The number of pyridine rings is 1. The summed E-state index contributed by atoms with van der Waals surface area (Å²) in [5.74, 6) is -0.164. The van der Waals surface area contributed by atoms with E-state index >= 15 is 0 Å². The van der Waals surface area contributed by atoms with Crippen LogP contribution in [-0.4, -0.2) is 31.2 Å². The summed E-state index contributed by atoms with van der Waals surface area (Å²) >= 11 is 0. The summed E-state index contributed by atoms with van der Waals surface area (Å²) < 4.78 is 4.94. The molecule has 0 fully saturated rings. The van der Waals surface area contributed by atoms with Crippen molar-refractivity contribution < 1.29 is 9.53 Å². The first-order valence-electron chi connectivity index (χ1n) is 5.72. The van der Waals surface area contributed by atoms with Crippen molar-refractivity contribution in [1.29, 1.82) is 0 Å². The van der Waals surface area contributed by atoms with E-state index in [1.54, 1.807) is 19.4 Å². The zero-order valence-corrected chi connectivity index (χ0v) is 10.1. The number of nitrogens with one attached hydrogen (secondary N) is 1. The van der Waals surface area contributed by atoms with E-state index in [0.717, 1.165) is 25.9 Å². The first kappa shape index (κ1) is 13.4. The molecule has 5 heteroatoms. The molecule has 17 heavy (non-hydrogen) atoms. The molecule has 1 aromatic heterocycles. The van der Waals surface area contributed by atoms with Crippen molar-refractivity contribution in [3.63, 3.8) is 0 Å². The minimum Gasteiger partial charge on any atom is -0.398 e. The highest BCUT2D eigenvalue weighted by Gasteiger charge is 2.07. The molecule has 0 bridgehead atoms. The molecule has 0 aliphatic carbocycles. The summed E-state index contributed by atoms with van der Waals surface area (Å²) in [5.41, 5.74) is 6.56. The molecule has 1 aromatic rings. The number of nitrogen functional groups attached to an aromatic ring is 1. The molecular weight excluding hydrogens is 218 g/mol. The van der Waals surface area contributed by atoms with Crippen LogP contribution in [-0.2, 0) is 4.74 Å². The van der Waals surface area contributed by atoms with Gasteiger partial charge >= 0.3 is 0 Å². The fourth-order valence-electron chi connectivity index (χ4n) is 1.44. The van der Waals surface area contributed by atoms with Crippen LogP contribution in [0, 0.1) is 0 Å². The van der Waals surface area contributed by atoms with Crippen molar-refractivity contribution in [2.24, 2.45) is 0 Å². The van der Waals surface area contributed by atoms with Crippen LogP contribution in [0.2, 0.25) is 0 Å². The van der Waals surface area contributed by atoms with Gasteiger partial charge in [0.2, 0.25) is 0 Å². The average Bonchev–Trinajstić information content (AvgIpc) is 2.34. The van der Waals surface area contributed by atoms with Crippen LogP contribution in [0.3, 0.4) is 0 Å². The highest BCUT2D eigenvalue weighted by molar-refractivity contribution is 5.98. The first-order valence-corrected chi connectivity index (χ1v) is 5.72. The molecule has 0 atom stereocenters. The van der Waals surface area contributed by atoms with Crippen LogP contribution >= 0.6 is 0 Å². The molecule has 0 saturated carbocycles. The Morgan fingerprint density at radius 1 is 1.47 bits per heavy atom. The fraction of sp³-hybridized carbons (Fsp3) is 0.500. The summed E-state index contributed by atoms with van der Waals surface area (Å²) in [6, 6.07) is 1.62. The number of anilines is 1. The third-order valence-electron chi connectivity index (χ3n) is 2.41. The number of aromatic nitrogens is 1. The van der Waals surface area contributed by atoms with Crippen LogP contribution < -0.4 is 11.1 Å². The highest BCUT2D eigenvalue weighted by atomic mass is 16.5. The Kier molecular flexibility index (Phi) is 6.03. The molecule has 94 valence electrons. The summed E-state index contributed by atoms with van der Waals surface area (Å²) in [5, 5.41) is 2.82. The van der Waals surface area contributed by atoms with Crippen molar-refractivity contribution in [2.45, 2.75) is 19.3 Å². The molecule has 0 radical (unpaired) electrons. The summed E-state index contributed by atoms with van der Waals surface area (Å²) in [6.07, 6.45) is 6.04. The van der Waals surface area contributed by atoms with E-state index in [2.05, 4.69) is 10.3 Å². The van der Waals surface area contributed by atoms with E-state index in [1.807, 2.05) is 0 Å². The number of amides is 1. The average molecular weight is 237 g/mol. The van der Waals surface area contributed by atoms with Crippen LogP contribution in [0.25, 0.3) is 0 Å². The van der Waals surface area contributed by atoms with Crippen molar-refractivity contribution in [1.82, 2.24) is 10.3 Å². The van der Waals surface area contributed by atoms with Gasteiger partial charge in [-0.2, -0.15) is 0 Å². The molecule has 0 aliphatic rings. The smallest absolute Gasteiger partial charge is 0.254 e. The molecule has 0 spiro atoms. The fourth-order valence-corrected chi connectivity index (χ4v) is 1.44. The maximum atomic E-state index is 11.7. The quantitative estimate of drug-likeness (QED) is 0.699. The monoisotopic (exact) mass is 237 g/mol. The van der Waals surface area contributed by atoms with Crippen molar-refractivity contribution in [3.8, 4) is 0 Å². The maximum Gasteiger partial charge on any atom is 0.254 e. The Balaban J connectivity index is 2.24. The van der Waals surface area contributed by atoms with Gasteiger partial charge in [0.05, 0.1) is 5.56 Å². The van der Waals surface area contributed by atoms with E-state index < -0.39 is 0 Å². The molecule has 1 heterocycles. The van der Waals surface area contributed by atoms with Crippen LogP contribution in [0.4, 0.5) is 5.69 Å². The normalized spacial score (nSPS) is 10.2. The highest BCUT2D eigenvalue weighted by Crippen LogP contribution is 2.07. The Morgan fingerprint density at radius 2 is 2.29 bits per heavy atom. The Bertz CT molecular complexity index is 355. The minimum atomic E-state index is -0.164. The van der Waals surface area contributed by atoms with Gasteiger partial charge in [-0.3, -0.25) is 9.78 Å². The molecule has 0 aromatic carbocycles. The van der Waals surface area contributed by atoms with Gasteiger partial charge in [-0.05, 0) is 25.3 Å². The third kappa shape index (κ3) is 4.82. The van der Waals surface area contributed by atoms with E-state index in [0.29, 0.717) is 17.8 Å². The van der Waals surface area contributed by atoms with Crippen LogP contribution in [0.15, 0.2) is 18.5 Å². The van der Waals surface area contributed by atoms with Crippen LogP contribution in [0.5, 0.6) is 0 Å². The van der Waals surface area contributed by atoms with Gasteiger partial charge < -0.3 is 15.8 Å². The standard InChI is InChI=1S/C12H19N3O2/c1-17-8-4-2-3-6-15-12(16)10-9-14-7-5-11(10)13/h5,7,9H,2-4,6,8H2,1H3,(H2,13,14)(H,15,16). The number of carbonyl (C=O) groups excluding carboxylic acids is 1. The van der Waals surface area contributed by atoms with E-state index in [-0.39, 0.29) is 5.91 Å². The number of unbranched alkanes of at least 4 members (excludes halogenated alkanes) is 2. The topological polar surface area (TPSA) is 77.2 Å². The predicted octanol–water partition coefficient (Wildman–Crippen LogP) is 1.21. The lowest BCUT2D eigenvalue weighted by atomic mass is 10.2. The second kappa shape index (κ2) is 7.62. The van der Waals surface area contributed by atoms with Gasteiger partial charge in [0, 0.05) is 38.3 Å². The van der Waals surface area contributed by atoms with E-state index in [9.17, 15) is 4.79 Å². The van der Waals surface area contributed by atoms with Gasteiger partial charge in [0.1, 0.15) is 0 Å². The summed E-state index contributed by atoms with van der Waals surface area (Å²) in [6.45, 7) is 1.42. The number of ether oxygens (including phenoxy) is 1. The molecule has 0 unspecified atom stereocenters. The lowest BCUT2D eigenvalue weighted by Gasteiger charge is -2.06. The summed E-state index contributed by atoms with van der Waals surface area (Å²) in [4.78, 5) is 15.6. The second-order valence-electron chi connectivity index (χ2n) is 3.77. The Hall–Kier alpha value is -1.62. The largest absolute Gasteiger partial charge is 0.398 e.